The van der Waals surface area contributed by atoms with Crippen LogP contribution in [0.1, 0.15) is 23.4 Å². The quantitative estimate of drug-likeness (QED) is 0.905. The third-order valence-electron chi connectivity index (χ3n) is 3.95. The van der Waals surface area contributed by atoms with E-state index in [4.69, 9.17) is 9.15 Å². The van der Waals surface area contributed by atoms with Crippen LogP contribution in [0.5, 0.6) is 5.88 Å². The summed E-state index contributed by atoms with van der Waals surface area (Å²) in [6.07, 6.45) is 6.89. The summed E-state index contributed by atoms with van der Waals surface area (Å²) in [6.45, 7) is 2.34. The van der Waals surface area contributed by atoms with E-state index in [9.17, 15) is 4.79 Å². The van der Waals surface area contributed by atoms with Crippen LogP contribution in [0.3, 0.4) is 0 Å². The minimum Gasteiger partial charge on any atom is -0.478 e. The van der Waals surface area contributed by atoms with Gasteiger partial charge in [0.1, 0.15) is 0 Å². The molecule has 7 nitrogen and oxygen atoms in total. The molecule has 0 saturated carbocycles. The number of piperidine rings is 1. The van der Waals surface area contributed by atoms with Gasteiger partial charge < -0.3 is 19.4 Å². The summed E-state index contributed by atoms with van der Waals surface area (Å²) in [6, 6.07) is 3.37. The number of aromatic nitrogens is 2. The van der Waals surface area contributed by atoms with E-state index in [1.54, 1.807) is 31.6 Å². The minimum absolute atomic E-state index is 0.177. The maximum Gasteiger partial charge on any atom is 0.286 e. The van der Waals surface area contributed by atoms with Crippen molar-refractivity contribution < 1.29 is 13.9 Å². The van der Waals surface area contributed by atoms with Crippen LogP contribution in [0.15, 0.2) is 35.2 Å². The Balaban J connectivity index is 1.59. The first-order valence-corrected chi connectivity index (χ1v) is 7.69. The monoisotopic (exact) mass is 316 g/mol. The smallest absolute Gasteiger partial charge is 0.286 e. The van der Waals surface area contributed by atoms with E-state index >= 15 is 0 Å². The standard InChI is InChI=1S/C16H20N4O3/c1-22-16-14(17-6-7-18-16)20-8-2-4-12(11-20)10-19-15(21)13-5-3-9-23-13/h3,5-7,9,12H,2,4,8,10-11H2,1H3,(H,19,21). The molecule has 23 heavy (non-hydrogen) atoms. The van der Waals surface area contributed by atoms with Gasteiger partial charge in [0.25, 0.3) is 11.8 Å². The lowest BCUT2D eigenvalue weighted by Gasteiger charge is -2.33. The fourth-order valence-electron chi connectivity index (χ4n) is 2.83. The topological polar surface area (TPSA) is 80.5 Å². The first kappa shape index (κ1) is 15.3. The van der Waals surface area contributed by atoms with Gasteiger partial charge in [0, 0.05) is 32.0 Å². The van der Waals surface area contributed by atoms with Gasteiger partial charge in [-0.15, -0.1) is 0 Å². The molecule has 1 unspecified atom stereocenters. The van der Waals surface area contributed by atoms with E-state index in [0.29, 0.717) is 24.1 Å². The molecule has 0 radical (unpaired) electrons. The molecule has 1 amide bonds. The van der Waals surface area contributed by atoms with Crippen molar-refractivity contribution in [2.45, 2.75) is 12.8 Å². The zero-order valence-corrected chi connectivity index (χ0v) is 13.1. The third kappa shape index (κ3) is 3.61. The fraction of sp³-hybridized carbons (Fsp3) is 0.438. The second kappa shape index (κ2) is 7.13. The number of carbonyl (C=O) groups excluding carboxylic acids is 1. The molecule has 0 bridgehead atoms. The molecular formula is C16H20N4O3. The highest BCUT2D eigenvalue weighted by Gasteiger charge is 2.24. The molecule has 1 atom stereocenters. The Morgan fingerprint density at radius 3 is 3.13 bits per heavy atom. The molecule has 3 heterocycles. The van der Waals surface area contributed by atoms with Gasteiger partial charge in [-0.1, -0.05) is 0 Å². The van der Waals surface area contributed by atoms with E-state index in [2.05, 4.69) is 20.2 Å². The van der Waals surface area contributed by atoms with E-state index in [1.807, 2.05) is 0 Å². The third-order valence-corrected chi connectivity index (χ3v) is 3.95. The Kier molecular flexibility index (Phi) is 4.75. The molecule has 122 valence electrons. The Morgan fingerprint density at radius 1 is 1.48 bits per heavy atom. The van der Waals surface area contributed by atoms with Crippen molar-refractivity contribution in [2.75, 3.05) is 31.6 Å². The molecule has 1 fully saturated rings. The van der Waals surface area contributed by atoms with Gasteiger partial charge in [0.15, 0.2) is 11.6 Å². The zero-order valence-electron chi connectivity index (χ0n) is 13.1. The highest BCUT2D eigenvalue weighted by Crippen LogP contribution is 2.27. The number of furan rings is 1. The summed E-state index contributed by atoms with van der Waals surface area (Å²) in [5.74, 6) is 1.82. The predicted octanol–water partition coefficient (Wildman–Crippen LogP) is 1.72. The summed E-state index contributed by atoms with van der Waals surface area (Å²) in [5.41, 5.74) is 0. The summed E-state index contributed by atoms with van der Waals surface area (Å²) >= 11 is 0. The van der Waals surface area contributed by atoms with Gasteiger partial charge in [-0.3, -0.25) is 4.79 Å². The lowest BCUT2D eigenvalue weighted by Crippen LogP contribution is -2.41. The van der Waals surface area contributed by atoms with Gasteiger partial charge in [-0.2, -0.15) is 0 Å². The van der Waals surface area contributed by atoms with Gasteiger partial charge in [0.2, 0.25) is 0 Å². The van der Waals surface area contributed by atoms with Crippen LogP contribution in [-0.4, -0.2) is 42.6 Å². The van der Waals surface area contributed by atoms with Crippen molar-refractivity contribution in [3.8, 4) is 5.88 Å². The van der Waals surface area contributed by atoms with Crippen molar-refractivity contribution in [3.05, 3.63) is 36.5 Å². The molecule has 1 aliphatic heterocycles. The molecule has 7 heteroatoms. The molecule has 1 aliphatic rings. The number of rotatable bonds is 5. The average Bonchev–Trinajstić information content (AvgIpc) is 3.14. The molecule has 1 saturated heterocycles. The predicted molar refractivity (Wildman–Crippen MR) is 84.6 cm³/mol. The number of hydrogen-bond acceptors (Lipinski definition) is 6. The van der Waals surface area contributed by atoms with Crippen LogP contribution in [-0.2, 0) is 0 Å². The number of anilines is 1. The van der Waals surface area contributed by atoms with E-state index in [0.717, 1.165) is 31.7 Å². The summed E-state index contributed by atoms with van der Waals surface area (Å²) in [4.78, 5) is 22.7. The van der Waals surface area contributed by atoms with Crippen LogP contribution in [0, 0.1) is 5.92 Å². The van der Waals surface area contributed by atoms with Crippen molar-refractivity contribution >= 4 is 11.7 Å². The highest BCUT2D eigenvalue weighted by molar-refractivity contribution is 5.91. The Morgan fingerprint density at radius 2 is 2.35 bits per heavy atom. The Labute approximate surface area is 134 Å². The molecule has 2 aromatic rings. The molecular weight excluding hydrogens is 296 g/mol. The highest BCUT2D eigenvalue weighted by atomic mass is 16.5. The van der Waals surface area contributed by atoms with Crippen molar-refractivity contribution in [1.29, 1.82) is 0 Å². The molecule has 0 aliphatic carbocycles. The summed E-state index contributed by atoms with van der Waals surface area (Å²) in [5, 5.41) is 2.93. The SMILES string of the molecule is COc1nccnc1N1CCCC(CNC(=O)c2ccco2)C1. The first-order chi connectivity index (χ1) is 11.3. The van der Waals surface area contributed by atoms with Gasteiger partial charge in [-0.25, -0.2) is 9.97 Å². The number of hydrogen-bond donors (Lipinski definition) is 1. The van der Waals surface area contributed by atoms with Crippen molar-refractivity contribution in [1.82, 2.24) is 15.3 Å². The largest absolute Gasteiger partial charge is 0.478 e. The number of carbonyl (C=O) groups is 1. The normalized spacial score (nSPS) is 17.8. The molecule has 0 aromatic carbocycles. The Hall–Kier alpha value is -2.57. The van der Waals surface area contributed by atoms with Crippen LogP contribution >= 0.6 is 0 Å². The van der Waals surface area contributed by atoms with Crippen LogP contribution < -0.4 is 15.0 Å². The van der Waals surface area contributed by atoms with Crippen molar-refractivity contribution in [3.63, 3.8) is 0 Å². The summed E-state index contributed by atoms with van der Waals surface area (Å²) < 4.78 is 10.4. The van der Waals surface area contributed by atoms with Gasteiger partial charge in [-0.05, 0) is 30.9 Å². The number of methoxy groups -OCH3 is 1. The maximum absolute atomic E-state index is 11.9. The second-order valence-corrected chi connectivity index (χ2v) is 5.53. The molecule has 3 rings (SSSR count). The number of ether oxygens (including phenoxy) is 1. The van der Waals surface area contributed by atoms with Gasteiger partial charge >= 0.3 is 0 Å². The lowest BCUT2D eigenvalue weighted by atomic mass is 9.98. The first-order valence-electron chi connectivity index (χ1n) is 7.69. The zero-order chi connectivity index (χ0) is 16.1. The number of amides is 1. The van der Waals surface area contributed by atoms with Crippen molar-refractivity contribution in [2.24, 2.45) is 5.92 Å². The average molecular weight is 316 g/mol. The van der Waals surface area contributed by atoms with Crippen LogP contribution in [0.2, 0.25) is 0 Å². The minimum atomic E-state index is -0.177. The van der Waals surface area contributed by atoms with E-state index in [-0.39, 0.29) is 5.91 Å². The van der Waals surface area contributed by atoms with E-state index < -0.39 is 0 Å². The van der Waals surface area contributed by atoms with Gasteiger partial charge in [0.05, 0.1) is 13.4 Å². The maximum atomic E-state index is 11.9. The lowest BCUT2D eigenvalue weighted by molar-refractivity contribution is 0.0918. The number of nitrogens with one attached hydrogen (secondary N) is 1. The Bertz CT molecular complexity index is 645. The van der Waals surface area contributed by atoms with Crippen LogP contribution in [0.4, 0.5) is 5.82 Å². The second-order valence-electron chi connectivity index (χ2n) is 5.53. The fourth-order valence-corrected chi connectivity index (χ4v) is 2.83. The van der Waals surface area contributed by atoms with Crippen LogP contribution in [0.25, 0.3) is 0 Å². The molecule has 1 N–H and O–H groups in total. The molecule has 0 spiro atoms. The van der Waals surface area contributed by atoms with E-state index in [1.165, 1.54) is 6.26 Å². The summed E-state index contributed by atoms with van der Waals surface area (Å²) in [7, 11) is 1.60. The number of nitrogens with zero attached hydrogens (tertiary/aromatic N) is 3. The molecule has 2 aromatic heterocycles.